The van der Waals surface area contributed by atoms with Crippen molar-refractivity contribution >= 4 is 5.78 Å². The van der Waals surface area contributed by atoms with Crippen LogP contribution >= 0.6 is 0 Å². The highest BCUT2D eigenvalue weighted by molar-refractivity contribution is 6.08. The molecule has 0 saturated carbocycles. The van der Waals surface area contributed by atoms with Crippen molar-refractivity contribution < 1.29 is 4.79 Å². The first kappa shape index (κ1) is 12.5. The van der Waals surface area contributed by atoms with Crippen LogP contribution in [0, 0.1) is 0 Å². The molecular weight excluding hydrogens is 222 g/mol. The molecule has 0 bridgehead atoms. The standard InChI is InChI=1S/C16H17NO/c1-16(2,3)14-6-4-5-13(11-14)15(18)12-7-9-17-10-8-12/h4-11H,1-3H3. The van der Waals surface area contributed by atoms with Crippen molar-refractivity contribution in [2.24, 2.45) is 0 Å². The van der Waals surface area contributed by atoms with Crippen molar-refractivity contribution in [1.29, 1.82) is 0 Å². The SMILES string of the molecule is CC(C)(C)c1cccc(C(=O)c2ccncc2)c1. The topological polar surface area (TPSA) is 30.0 Å². The summed E-state index contributed by atoms with van der Waals surface area (Å²) in [6.45, 7) is 6.43. The monoisotopic (exact) mass is 239 g/mol. The normalized spacial score (nSPS) is 11.3. The Bertz CT molecular complexity index is 553. The minimum Gasteiger partial charge on any atom is -0.289 e. The zero-order chi connectivity index (χ0) is 13.2. The number of hydrogen-bond donors (Lipinski definition) is 0. The molecule has 1 heterocycles. The maximum Gasteiger partial charge on any atom is 0.193 e. The first-order valence-electron chi connectivity index (χ1n) is 6.04. The summed E-state index contributed by atoms with van der Waals surface area (Å²) in [5.41, 5.74) is 2.63. The minimum absolute atomic E-state index is 0.0449. The number of carbonyl (C=O) groups excluding carboxylic acids is 1. The maximum absolute atomic E-state index is 12.3. The molecule has 2 nitrogen and oxygen atoms in total. The summed E-state index contributed by atoms with van der Waals surface area (Å²) in [6.07, 6.45) is 3.28. The Morgan fingerprint density at radius 2 is 1.67 bits per heavy atom. The van der Waals surface area contributed by atoms with Gasteiger partial charge in [0.1, 0.15) is 0 Å². The van der Waals surface area contributed by atoms with Crippen molar-refractivity contribution in [3.05, 3.63) is 65.5 Å². The molecule has 92 valence electrons. The Hall–Kier alpha value is -1.96. The van der Waals surface area contributed by atoms with Crippen LogP contribution < -0.4 is 0 Å². The van der Waals surface area contributed by atoms with Crippen molar-refractivity contribution in [3.8, 4) is 0 Å². The molecule has 0 saturated heterocycles. The van der Waals surface area contributed by atoms with E-state index in [1.807, 2.05) is 18.2 Å². The van der Waals surface area contributed by atoms with Crippen molar-refractivity contribution in [2.75, 3.05) is 0 Å². The van der Waals surface area contributed by atoms with E-state index in [0.29, 0.717) is 5.56 Å². The zero-order valence-corrected chi connectivity index (χ0v) is 11.0. The van der Waals surface area contributed by atoms with Crippen LogP contribution in [0.25, 0.3) is 0 Å². The van der Waals surface area contributed by atoms with Gasteiger partial charge in [-0.25, -0.2) is 0 Å². The van der Waals surface area contributed by atoms with Gasteiger partial charge in [-0.1, -0.05) is 39.0 Å². The molecule has 2 heteroatoms. The lowest BCUT2D eigenvalue weighted by molar-refractivity contribution is 0.103. The third-order valence-electron chi connectivity index (χ3n) is 2.93. The van der Waals surface area contributed by atoms with E-state index in [-0.39, 0.29) is 11.2 Å². The molecule has 0 aliphatic rings. The van der Waals surface area contributed by atoms with Gasteiger partial charge in [0.15, 0.2) is 5.78 Å². The minimum atomic E-state index is 0.0449. The van der Waals surface area contributed by atoms with Crippen LogP contribution in [0.2, 0.25) is 0 Å². The second-order valence-corrected chi connectivity index (χ2v) is 5.40. The molecule has 0 fully saturated rings. The number of aromatic nitrogens is 1. The maximum atomic E-state index is 12.3. The van der Waals surface area contributed by atoms with E-state index >= 15 is 0 Å². The fraction of sp³-hybridized carbons (Fsp3) is 0.250. The largest absolute Gasteiger partial charge is 0.289 e. The molecule has 0 N–H and O–H groups in total. The predicted molar refractivity (Wildman–Crippen MR) is 72.8 cm³/mol. The Labute approximate surface area is 108 Å². The number of rotatable bonds is 2. The summed E-state index contributed by atoms with van der Waals surface area (Å²) in [7, 11) is 0. The van der Waals surface area contributed by atoms with Gasteiger partial charge in [0.25, 0.3) is 0 Å². The van der Waals surface area contributed by atoms with Crippen LogP contribution in [0.3, 0.4) is 0 Å². The molecule has 2 aromatic rings. The van der Waals surface area contributed by atoms with Crippen LogP contribution in [-0.2, 0) is 5.41 Å². The average molecular weight is 239 g/mol. The second-order valence-electron chi connectivity index (χ2n) is 5.40. The lowest BCUT2D eigenvalue weighted by atomic mass is 9.85. The summed E-state index contributed by atoms with van der Waals surface area (Å²) in [5.74, 6) is 0.0449. The van der Waals surface area contributed by atoms with Gasteiger partial charge in [-0.3, -0.25) is 9.78 Å². The molecule has 2 rings (SSSR count). The van der Waals surface area contributed by atoms with Crippen LogP contribution in [0.4, 0.5) is 0 Å². The Kier molecular flexibility index (Phi) is 3.28. The number of pyridine rings is 1. The molecule has 18 heavy (non-hydrogen) atoms. The number of nitrogens with zero attached hydrogens (tertiary/aromatic N) is 1. The van der Waals surface area contributed by atoms with Crippen LogP contribution in [0.5, 0.6) is 0 Å². The van der Waals surface area contributed by atoms with Gasteiger partial charge in [-0.15, -0.1) is 0 Å². The molecule has 0 radical (unpaired) electrons. The molecule has 0 unspecified atom stereocenters. The highest BCUT2D eigenvalue weighted by atomic mass is 16.1. The number of carbonyl (C=O) groups is 1. The van der Waals surface area contributed by atoms with Crippen LogP contribution in [0.1, 0.15) is 42.3 Å². The lowest BCUT2D eigenvalue weighted by Crippen LogP contribution is -2.12. The molecule has 0 aliphatic heterocycles. The Morgan fingerprint density at radius 3 is 2.28 bits per heavy atom. The molecule has 0 amide bonds. The zero-order valence-electron chi connectivity index (χ0n) is 11.0. The van der Waals surface area contributed by atoms with E-state index in [0.717, 1.165) is 5.56 Å². The molecule has 0 spiro atoms. The van der Waals surface area contributed by atoms with Gasteiger partial charge in [-0.05, 0) is 29.2 Å². The summed E-state index contributed by atoms with van der Waals surface area (Å²) in [4.78, 5) is 16.2. The van der Waals surface area contributed by atoms with E-state index < -0.39 is 0 Å². The fourth-order valence-corrected chi connectivity index (χ4v) is 1.80. The van der Waals surface area contributed by atoms with Crippen molar-refractivity contribution in [2.45, 2.75) is 26.2 Å². The van der Waals surface area contributed by atoms with Gasteiger partial charge >= 0.3 is 0 Å². The van der Waals surface area contributed by atoms with Crippen molar-refractivity contribution in [3.63, 3.8) is 0 Å². The summed E-state index contributed by atoms with van der Waals surface area (Å²) < 4.78 is 0. The molecule has 1 aromatic carbocycles. The highest BCUT2D eigenvalue weighted by Gasteiger charge is 2.16. The van der Waals surface area contributed by atoms with E-state index in [1.165, 1.54) is 5.56 Å². The quantitative estimate of drug-likeness (QED) is 0.749. The van der Waals surface area contributed by atoms with Gasteiger partial charge in [0, 0.05) is 23.5 Å². The van der Waals surface area contributed by atoms with Gasteiger partial charge < -0.3 is 0 Å². The van der Waals surface area contributed by atoms with Crippen molar-refractivity contribution in [1.82, 2.24) is 4.98 Å². The average Bonchev–Trinajstić information content (AvgIpc) is 2.38. The fourth-order valence-electron chi connectivity index (χ4n) is 1.80. The molecule has 0 aliphatic carbocycles. The molecule has 0 atom stereocenters. The van der Waals surface area contributed by atoms with E-state index in [1.54, 1.807) is 24.5 Å². The third-order valence-corrected chi connectivity index (χ3v) is 2.93. The number of ketones is 1. The summed E-state index contributed by atoms with van der Waals surface area (Å²) in [6, 6.07) is 11.3. The smallest absolute Gasteiger partial charge is 0.193 e. The van der Waals surface area contributed by atoms with Gasteiger partial charge in [-0.2, -0.15) is 0 Å². The first-order chi connectivity index (χ1) is 8.48. The van der Waals surface area contributed by atoms with Gasteiger partial charge in [0.05, 0.1) is 0 Å². The van der Waals surface area contributed by atoms with Gasteiger partial charge in [0.2, 0.25) is 0 Å². The lowest BCUT2D eigenvalue weighted by Gasteiger charge is -2.19. The van der Waals surface area contributed by atoms with E-state index in [9.17, 15) is 4.79 Å². The second kappa shape index (κ2) is 4.73. The molecular formula is C16H17NO. The third kappa shape index (κ3) is 2.65. The van der Waals surface area contributed by atoms with E-state index in [4.69, 9.17) is 0 Å². The first-order valence-corrected chi connectivity index (χ1v) is 6.04. The summed E-state index contributed by atoms with van der Waals surface area (Å²) >= 11 is 0. The van der Waals surface area contributed by atoms with Crippen LogP contribution in [0.15, 0.2) is 48.8 Å². The van der Waals surface area contributed by atoms with E-state index in [2.05, 4.69) is 31.8 Å². The number of benzene rings is 1. The Morgan fingerprint density at radius 1 is 1.00 bits per heavy atom. The van der Waals surface area contributed by atoms with Crippen LogP contribution in [-0.4, -0.2) is 10.8 Å². The highest BCUT2D eigenvalue weighted by Crippen LogP contribution is 2.23. The summed E-state index contributed by atoms with van der Waals surface area (Å²) in [5, 5.41) is 0. The number of hydrogen-bond acceptors (Lipinski definition) is 2. The predicted octanol–water partition coefficient (Wildman–Crippen LogP) is 3.61. The Balaban J connectivity index is 2.38. The molecule has 1 aromatic heterocycles.